The van der Waals surface area contributed by atoms with E-state index in [4.69, 9.17) is 16.3 Å². The number of carbonyl (C=O) groups excluding carboxylic acids is 1. The first-order chi connectivity index (χ1) is 14.8. The minimum Gasteiger partial charge on any atom is -0.494 e. The molecule has 9 heteroatoms. The lowest BCUT2D eigenvalue weighted by atomic mass is 10.2. The van der Waals surface area contributed by atoms with Crippen molar-refractivity contribution in [2.24, 2.45) is 0 Å². The fourth-order valence-corrected chi connectivity index (χ4v) is 5.09. The summed E-state index contributed by atoms with van der Waals surface area (Å²) in [6.07, 6.45) is 2.74. The van der Waals surface area contributed by atoms with Gasteiger partial charge in [0.2, 0.25) is 15.9 Å². The topological polar surface area (TPSA) is 87.7 Å². The van der Waals surface area contributed by atoms with Gasteiger partial charge >= 0.3 is 0 Å². The van der Waals surface area contributed by atoms with Gasteiger partial charge in [-0.3, -0.25) is 4.79 Å². The van der Waals surface area contributed by atoms with E-state index in [1.807, 2.05) is 31.2 Å². The van der Waals surface area contributed by atoms with E-state index >= 15 is 0 Å². The minimum atomic E-state index is -3.62. The minimum absolute atomic E-state index is 0.126. The zero-order chi connectivity index (χ0) is 22.4. The van der Waals surface area contributed by atoms with Gasteiger partial charge in [0.15, 0.2) is 0 Å². The highest BCUT2D eigenvalue weighted by molar-refractivity contribution is 7.89. The number of ether oxygens (including phenoxy) is 1. The van der Waals surface area contributed by atoms with Crippen LogP contribution in [0.5, 0.6) is 5.75 Å². The number of piperidine rings is 1. The van der Waals surface area contributed by atoms with Crippen molar-refractivity contribution in [1.29, 1.82) is 0 Å². The standard InChI is InChI=1S/C22H28ClN3O4S/c1-3-30-18-9-7-17(8-10-18)24-16(2)22(27)25-21-15-19(11-12-20(21)23)31(28,29)26-13-5-4-6-14-26/h7-12,15-16,24H,3-6,13-14H2,1-2H3,(H,25,27). The van der Waals surface area contributed by atoms with Gasteiger partial charge in [-0.15, -0.1) is 0 Å². The Balaban J connectivity index is 1.69. The van der Waals surface area contributed by atoms with Crippen molar-refractivity contribution in [2.45, 2.75) is 44.0 Å². The molecule has 0 bridgehead atoms. The van der Waals surface area contributed by atoms with Crippen LogP contribution in [-0.2, 0) is 14.8 Å². The van der Waals surface area contributed by atoms with Gasteiger partial charge in [-0.25, -0.2) is 8.42 Å². The average molecular weight is 466 g/mol. The summed E-state index contributed by atoms with van der Waals surface area (Å²) in [5, 5.41) is 6.12. The Hall–Kier alpha value is -2.29. The second kappa shape index (κ2) is 10.3. The number of hydrogen-bond donors (Lipinski definition) is 2. The number of amides is 1. The van der Waals surface area contributed by atoms with Crippen LogP contribution in [0.3, 0.4) is 0 Å². The third kappa shape index (κ3) is 5.90. The molecule has 7 nitrogen and oxygen atoms in total. The lowest BCUT2D eigenvalue weighted by molar-refractivity contribution is -0.116. The summed E-state index contributed by atoms with van der Waals surface area (Å²) in [4.78, 5) is 12.8. The molecule has 1 amide bonds. The Bertz CT molecular complexity index is 1010. The maximum Gasteiger partial charge on any atom is 0.246 e. The van der Waals surface area contributed by atoms with Crippen LogP contribution in [0.25, 0.3) is 0 Å². The van der Waals surface area contributed by atoms with E-state index in [0.717, 1.165) is 30.7 Å². The molecule has 0 radical (unpaired) electrons. The molecule has 1 aliphatic rings. The predicted octanol–water partition coefficient (Wildman–Crippen LogP) is 4.35. The average Bonchev–Trinajstić information content (AvgIpc) is 2.77. The SMILES string of the molecule is CCOc1ccc(NC(C)C(=O)Nc2cc(S(=O)(=O)N3CCCCC3)ccc2Cl)cc1. The van der Waals surface area contributed by atoms with Crippen LogP contribution in [0.2, 0.25) is 5.02 Å². The number of carbonyl (C=O) groups is 1. The molecule has 1 aliphatic heterocycles. The van der Waals surface area contributed by atoms with Gasteiger partial charge in [-0.05, 0) is 69.2 Å². The Morgan fingerprint density at radius 2 is 1.81 bits per heavy atom. The van der Waals surface area contributed by atoms with Gasteiger partial charge < -0.3 is 15.4 Å². The van der Waals surface area contributed by atoms with Crippen LogP contribution in [0.4, 0.5) is 11.4 Å². The lowest BCUT2D eigenvalue weighted by Gasteiger charge is -2.26. The van der Waals surface area contributed by atoms with Gasteiger partial charge in [-0.2, -0.15) is 4.31 Å². The zero-order valence-corrected chi connectivity index (χ0v) is 19.3. The second-order valence-electron chi connectivity index (χ2n) is 7.42. The molecule has 1 saturated heterocycles. The van der Waals surface area contributed by atoms with Crippen LogP contribution in [0.15, 0.2) is 47.4 Å². The van der Waals surface area contributed by atoms with Gasteiger partial charge in [0.1, 0.15) is 11.8 Å². The highest BCUT2D eigenvalue weighted by atomic mass is 35.5. The van der Waals surface area contributed by atoms with Gasteiger partial charge in [-0.1, -0.05) is 18.0 Å². The molecule has 0 saturated carbocycles. The molecular weight excluding hydrogens is 438 g/mol. The Morgan fingerprint density at radius 1 is 1.13 bits per heavy atom. The van der Waals surface area contributed by atoms with E-state index in [2.05, 4.69) is 10.6 Å². The monoisotopic (exact) mass is 465 g/mol. The van der Waals surface area contributed by atoms with E-state index in [1.165, 1.54) is 22.5 Å². The highest BCUT2D eigenvalue weighted by Gasteiger charge is 2.27. The molecule has 1 unspecified atom stereocenters. The van der Waals surface area contributed by atoms with Gasteiger partial charge in [0.05, 0.1) is 22.2 Å². The fourth-order valence-electron chi connectivity index (χ4n) is 3.39. The number of anilines is 2. The number of sulfonamides is 1. The Kier molecular flexibility index (Phi) is 7.80. The van der Waals surface area contributed by atoms with Crippen LogP contribution in [0, 0.1) is 0 Å². The van der Waals surface area contributed by atoms with Crippen LogP contribution >= 0.6 is 11.6 Å². The van der Waals surface area contributed by atoms with Crippen molar-refractivity contribution in [2.75, 3.05) is 30.3 Å². The maximum absolute atomic E-state index is 12.9. The van der Waals surface area contributed by atoms with E-state index < -0.39 is 16.1 Å². The molecule has 2 aromatic rings. The lowest BCUT2D eigenvalue weighted by Crippen LogP contribution is -2.35. The van der Waals surface area contributed by atoms with Crippen molar-refractivity contribution in [3.05, 3.63) is 47.5 Å². The van der Waals surface area contributed by atoms with Gasteiger partial charge in [0.25, 0.3) is 0 Å². The largest absolute Gasteiger partial charge is 0.494 e. The molecule has 0 aliphatic carbocycles. The molecule has 2 aromatic carbocycles. The third-order valence-electron chi connectivity index (χ3n) is 5.09. The number of rotatable bonds is 8. The third-order valence-corrected chi connectivity index (χ3v) is 7.31. The molecule has 0 spiro atoms. The van der Waals surface area contributed by atoms with E-state index in [1.54, 1.807) is 6.92 Å². The molecular formula is C22H28ClN3O4S. The summed E-state index contributed by atoms with van der Waals surface area (Å²) in [6.45, 7) is 5.23. The second-order valence-corrected chi connectivity index (χ2v) is 9.76. The first kappa shape index (κ1) is 23.4. The number of nitrogens with one attached hydrogen (secondary N) is 2. The summed E-state index contributed by atoms with van der Waals surface area (Å²) in [7, 11) is -3.62. The quantitative estimate of drug-likeness (QED) is 0.605. The Labute approximate surface area is 188 Å². The zero-order valence-electron chi connectivity index (χ0n) is 17.7. The van der Waals surface area contributed by atoms with Crippen molar-refractivity contribution >= 4 is 38.9 Å². The normalized spacial score (nSPS) is 15.8. The summed E-state index contributed by atoms with van der Waals surface area (Å²) >= 11 is 6.23. The number of halogens is 1. The molecule has 2 N–H and O–H groups in total. The molecule has 1 fully saturated rings. The first-order valence-electron chi connectivity index (χ1n) is 10.4. The number of nitrogens with zero attached hydrogens (tertiary/aromatic N) is 1. The molecule has 1 atom stereocenters. The first-order valence-corrected chi connectivity index (χ1v) is 12.2. The van der Waals surface area contributed by atoms with Crippen LogP contribution < -0.4 is 15.4 Å². The van der Waals surface area contributed by atoms with E-state index in [0.29, 0.717) is 19.7 Å². The molecule has 31 heavy (non-hydrogen) atoms. The predicted molar refractivity (Wildman–Crippen MR) is 123 cm³/mol. The smallest absolute Gasteiger partial charge is 0.246 e. The molecule has 168 valence electrons. The van der Waals surface area contributed by atoms with Crippen molar-refractivity contribution in [3.8, 4) is 5.75 Å². The molecule has 3 rings (SSSR count). The number of hydrogen-bond acceptors (Lipinski definition) is 5. The van der Waals surface area contributed by atoms with Crippen LogP contribution in [-0.4, -0.2) is 44.4 Å². The van der Waals surface area contributed by atoms with Crippen molar-refractivity contribution in [1.82, 2.24) is 4.31 Å². The fraction of sp³-hybridized carbons (Fsp3) is 0.409. The molecule has 1 heterocycles. The van der Waals surface area contributed by atoms with E-state index in [9.17, 15) is 13.2 Å². The summed E-state index contributed by atoms with van der Waals surface area (Å²) in [5.41, 5.74) is 1.03. The molecule has 0 aromatic heterocycles. The van der Waals surface area contributed by atoms with E-state index in [-0.39, 0.29) is 21.5 Å². The highest BCUT2D eigenvalue weighted by Crippen LogP contribution is 2.28. The summed E-state index contributed by atoms with van der Waals surface area (Å²) < 4.78 is 32.8. The van der Waals surface area contributed by atoms with Gasteiger partial charge in [0, 0.05) is 18.8 Å². The summed E-state index contributed by atoms with van der Waals surface area (Å²) in [6, 6.07) is 11.1. The summed E-state index contributed by atoms with van der Waals surface area (Å²) in [5.74, 6) is 0.423. The number of benzene rings is 2. The maximum atomic E-state index is 12.9. The Morgan fingerprint density at radius 3 is 2.45 bits per heavy atom. The van der Waals surface area contributed by atoms with Crippen molar-refractivity contribution in [3.63, 3.8) is 0 Å². The van der Waals surface area contributed by atoms with Crippen LogP contribution in [0.1, 0.15) is 33.1 Å². The van der Waals surface area contributed by atoms with Crippen molar-refractivity contribution < 1.29 is 17.9 Å².